The predicted octanol–water partition coefficient (Wildman–Crippen LogP) is -1.15. The minimum atomic E-state index is -0.880. The SMILES string of the molecule is CC(O)NC(=O)CO.Cl. The van der Waals surface area contributed by atoms with Gasteiger partial charge in [0.15, 0.2) is 0 Å². The van der Waals surface area contributed by atoms with Crippen LogP contribution in [-0.4, -0.2) is 29.0 Å². The van der Waals surface area contributed by atoms with Crippen molar-refractivity contribution in [2.45, 2.75) is 13.2 Å². The number of aliphatic hydroxyl groups is 2. The van der Waals surface area contributed by atoms with Crippen LogP contribution >= 0.6 is 12.4 Å². The van der Waals surface area contributed by atoms with Crippen molar-refractivity contribution in [2.75, 3.05) is 6.61 Å². The van der Waals surface area contributed by atoms with Gasteiger partial charge >= 0.3 is 0 Å². The molecule has 5 heteroatoms. The second-order valence-electron chi connectivity index (χ2n) is 1.40. The minimum absolute atomic E-state index is 0. The lowest BCUT2D eigenvalue weighted by atomic mass is 10.6. The summed E-state index contributed by atoms with van der Waals surface area (Å²) in [7, 11) is 0. The van der Waals surface area contributed by atoms with Crippen molar-refractivity contribution in [3.63, 3.8) is 0 Å². The van der Waals surface area contributed by atoms with E-state index in [4.69, 9.17) is 10.2 Å². The van der Waals surface area contributed by atoms with E-state index in [2.05, 4.69) is 5.32 Å². The largest absolute Gasteiger partial charge is 0.387 e. The van der Waals surface area contributed by atoms with Crippen molar-refractivity contribution in [3.05, 3.63) is 0 Å². The van der Waals surface area contributed by atoms with Gasteiger partial charge in [-0.3, -0.25) is 4.79 Å². The molecule has 0 heterocycles. The average Bonchev–Trinajstić information content (AvgIpc) is 1.65. The molecule has 0 aromatic carbocycles. The standard InChI is InChI=1S/C4H9NO3.ClH/c1-3(7)5-4(8)2-6;/h3,6-7H,2H2,1H3,(H,5,8);1H. The van der Waals surface area contributed by atoms with Gasteiger partial charge in [-0.1, -0.05) is 0 Å². The van der Waals surface area contributed by atoms with Gasteiger partial charge in [0.2, 0.25) is 5.91 Å². The van der Waals surface area contributed by atoms with Crippen LogP contribution in [0.3, 0.4) is 0 Å². The van der Waals surface area contributed by atoms with Crippen molar-refractivity contribution < 1.29 is 15.0 Å². The molecule has 1 atom stereocenters. The Hall–Kier alpha value is -0.320. The van der Waals surface area contributed by atoms with Crippen LogP contribution in [-0.2, 0) is 4.79 Å². The van der Waals surface area contributed by atoms with Gasteiger partial charge in [0.05, 0.1) is 0 Å². The molecule has 0 aliphatic heterocycles. The predicted molar refractivity (Wildman–Crippen MR) is 34.2 cm³/mol. The highest BCUT2D eigenvalue weighted by molar-refractivity contribution is 5.85. The number of nitrogens with one attached hydrogen (secondary N) is 1. The summed E-state index contributed by atoms with van der Waals surface area (Å²) in [6, 6.07) is 0. The van der Waals surface area contributed by atoms with Gasteiger partial charge in [-0.25, -0.2) is 0 Å². The van der Waals surface area contributed by atoms with Gasteiger partial charge in [0, 0.05) is 0 Å². The number of hydrogen-bond acceptors (Lipinski definition) is 3. The number of rotatable bonds is 2. The molecule has 0 rings (SSSR count). The third-order valence-corrected chi connectivity index (χ3v) is 0.513. The fourth-order valence-electron chi connectivity index (χ4n) is 0.279. The molecule has 0 fully saturated rings. The highest BCUT2D eigenvalue weighted by Gasteiger charge is 1.98. The fraction of sp³-hybridized carbons (Fsp3) is 0.750. The number of halogens is 1. The van der Waals surface area contributed by atoms with Crippen molar-refractivity contribution in [2.24, 2.45) is 0 Å². The van der Waals surface area contributed by atoms with Gasteiger partial charge in [-0.15, -0.1) is 12.4 Å². The molecule has 4 nitrogen and oxygen atoms in total. The Morgan fingerprint density at radius 3 is 2.33 bits per heavy atom. The molecular formula is C4H10ClNO3. The van der Waals surface area contributed by atoms with Crippen molar-refractivity contribution in [3.8, 4) is 0 Å². The smallest absolute Gasteiger partial charge is 0.247 e. The van der Waals surface area contributed by atoms with Crippen LogP contribution in [0.5, 0.6) is 0 Å². The maximum atomic E-state index is 10.1. The molecule has 0 aromatic rings. The summed E-state index contributed by atoms with van der Waals surface area (Å²) in [5, 5.41) is 18.5. The number of aliphatic hydroxyl groups excluding tert-OH is 2. The maximum Gasteiger partial charge on any atom is 0.247 e. The molecule has 9 heavy (non-hydrogen) atoms. The summed E-state index contributed by atoms with van der Waals surface area (Å²) in [6.45, 7) is 0.818. The van der Waals surface area contributed by atoms with Crippen LogP contribution in [0.2, 0.25) is 0 Å². The van der Waals surface area contributed by atoms with E-state index in [0.717, 1.165) is 0 Å². The van der Waals surface area contributed by atoms with E-state index in [-0.39, 0.29) is 12.4 Å². The quantitative estimate of drug-likeness (QED) is 0.442. The van der Waals surface area contributed by atoms with Crippen LogP contribution in [0.4, 0.5) is 0 Å². The number of carbonyl (C=O) groups is 1. The maximum absolute atomic E-state index is 10.1. The number of hydrogen-bond donors (Lipinski definition) is 3. The molecular weight excluding hydrogens is 146 g/mol. The van der Waals surface area contributed by atoms with Gasteiger partial charge in [-0.2, -0.15) is 0 Å². The van der Waals surface area contributed by atoms with Crippen molar-refractivity contribution in [1.29, 1.82) is 0 Å². The average molecular weight is 156 g/mol. The minimum Gasteiger partial charge on any atom is -0.387 e. The molecule has 0 saturated heterocycles. The van der Waals surface area contributed by atoms with Crippen molar-refractivity contribution in [1.82, 2.24) is 5.32 Å². The van der Waals surface area contributed by atoms with Crippen molar-refractivity contribution >= 4 is 18.3 Å². The van der Waals surface area contributed by atoms with E-state index >= 15 is 0 Å². The lowest BCUT2D eigenvalue weighted by molar-refractivity contribution is -0.126. The van der Waals surface area contributed by atoms with E-state index < -0.39 is 18.7 Å². The summed E-state index contributed by atoms with van der Waals surface area (Å²) in [6.07, 6.45) is -0.880. The Balaban J connectivity index is 0. The van der Waals surface area contributed by atoms with Crippen LogP contribution in [0.15, 0.2) is 0 Å². The third kappa shape index (κ3) is 7.68. The molecule has 3 N–H and O–H groups in total. The first-order chi connectivity index (χ1) is 3.66. The zero-order valence-corrected chi connectivity index (χ0v) is 5.81. The summed E-state index contributed by atoms with van der Waals surface area (Å²) in [5.74, 6) is -0.569. The first-order valence-electron chi connectivity index (χ1n) is 2.25. The first-order valence-corrected chi connectivity index (χ1v) is 2.25. The van der Waals surface area contributed by atoms with Crippen LogP contribution in [0, 0.1) is 0 Å². The molecule has 0 radical (unpaired) electrons. The molecule has 0 saturated carbocycles. The summed E-state index contributed by atoms with van der Waals surface area (Å²) < 4.78 is 0. The van der Waals surface area contributed by atoms with Gasteiger partial charge < -0.3 is 15.5 Å². The van der Waals surface area contributed by atoms with Crippen LogP contribution in [0.25, 0.3) is 0 Å². The highest BCUT2D eigenvalue weighted by atomic mass is 35.5. The van der Waals surface area contributed by atoms with E-state index in [0.29, 0.717) is 0 Å². The lowest BCUT2D eigenvalue weighted by Gasteiger charge is -2.03. The second-order valence-corrected chi connectivity index (χ2v) is 1.40. The van der Waals surface area contributed by atoms with Crippen LogP contribution in [0.1, 0.15) is 6.92 Å². The molecule has 0 aliphatic carbocycles. The Morgan fingerprint density at radius 2 is 2.22 bits per heavy atom. The molecule has 0 aromatic heterocycles. The lowest BCUT2D eigenvalue weighted by Crippen LogP contribution is -2.33. The Bertz CT molecular complexity index is 85.9. The first kappa shape index (κ1) is 11.5. The van der Waals surface area contributed by atoms with Gasteiger partial charge in [0.25, 0.3) is 0 Å². The normalized spacial score (nSPS) is 11.4. The monoisotopic (exact) mass is 155 g/mol. The van der Waals surface area contributed by atoms with Gasteiger partial charge in [-0.05, 0) is 6.92 Å². The van der Waals surface area contributed by atoms with Crippen LogP contribution < -0.4 is 5.32 Å². The van der Waals surface area contributed by atoms with E-state index in [1.807, 2.05) is 0 Å². The summed E-state index contributed by atoms with van der Waals surface area (Å²) >= 11 is 0. The molecule has 0 aliphatic rings. The van der Waals surface area contributed by atoms with Gasteiger partial charge in [0.1, 0.15) is 12.8 Å². The topological polar surface area (TPSA) is 69.6 Å². The third-order valence-electron chi connectivity index (χ3n) is 0.513. The molecule has 0 bridgehead atoms. The van der Waals surface area contributed by atoms with E-state index in [9.17, 15) is 4.79 Å². The molecule has 56 valence electrons. The summed E-state index contributed by atoms with van der Waals surface area (Å²) in [4.78, 5) is 10.1. The van der Waals surface area contributed by atoms with E-state index in [1.54, 1.807) is 0 Å². The Morgan fingerprint density at radius 1 is 1.78 bits per heavy atom. The second kappa shape index (κ2) is 5.81. The molecule has 1 amide bonds. The Kier molecular flexibility index (Phi) is 7.41. The fourth-order valence-corrected chi connectivity index (χ4v) is 0.279. The zero-order valence-electron chi connectivity index (χ0n) is 5.00. The molecule has 1 unspecified atom stereocenters. The summed E-state index contributed by atoms with van der Waals surface area (Å²) in [5.41, 5.74) is 0. The highest BCUT2D eigenvalue weighted by Crippen LogP contribution is 1.69. The number of amides is 1. The Labute approximate surface area is 59.3 Å². The van der Waals surface area contributed by atoms with E-state index in [1.165, 1.54) is 6.92 Å². The number of carbonyl (C=O) groups excluding carboxylic acids is 1. The zero-order chi connectivity index (χ0) is 6.57. The molecule has 0 spiro atoms.